The molecule has 2 aromatic heterocycles. The number of nitrogens with one attached hydrogen (secondary N) is 2. The van der Waals surface area contributed by atoms with Gasteiger partial charge < -0.3 is 10.6 Å². The van der Waals surface area contributed by atoms with Crippen molar-refractivity contribution in [2.75, 3.05) is 23.7 Å². The number of sulfonamides is 1. The number of hydrogen-bond acceptors (Lipinski definition) is 7. The standard InChI is InChI=1S/C16H22ClN7O2S/c1-3-27(25,26)24-7-5-4-6-13(24)9-18-15-14(17)10-19-16(22-15)21-12-8-20-23(2)11-12/h3,8,10-11,13H,1,4-7,9H2,2H3,(H2,18,19,21,22)/t13-/m1/s1. The van der Waals surface area contributed by atoms with E-state index in [4.69, 9.17) is 11.6 Å². The molecule has 2 aromatic rings. The van der Waals surface area contributed by atoms with Crippen molar-refractivity contribution in [1.29, 1.82) is 0 Å². The molecule has 9 nitrogen and oxygen atoms in total. The Hall–Kier alpha value is -2.17. The number of hydrogen-bond donors (Lipinski definition) is 2. The van der Waals surface area contributed by atoms with Crippen LogP contribution < -0.4 is 10.6 Å². The molecule has 0 unspecified atom stereocenters. The Bertz CT molecular complexity index is 915. The first-order valence-corrected chi connectivity index (χ1v) is 10.4. The molecular weight excluding hydrogens is 390 g/mol. The quantitative estimate of drug-likeness (QED) is 0.720. The normalized spacial score (nSPS) is 18.2. The molecule has 0 aliphatic carbocycles. The molecule has 0 spiro atoms. The molecule has 3 heterocycles. The van der Waals surface area contributed by atoms with Gasteiger partial charge in [0.15, 0.2) is 5.82 Å². The highest BCUT2D eigenvalue weighted by atomic mass is 35.5. The Kier molecular flexibility index (Phi) is 5.98. The summed E-state index contributed by atoms with van der Waals surface area (Å²) in [6.45, 7) is 4.31. The van der Waals surface area contributed by atoms with Crippen LogP contribution in [0.4, 0.5) is 17.5 Å². The molecule has 0 amide bonds. The Balaban J connectivity index is 1.71. The molecule has 3 rings (SSSR count). The number of rotatable bonds is 7. The van der Waals surface area contributed by atoms with Gasteiger partial charge in [-0.1, -0.05) is 24.6 Å². The van der Waals surface area contributed by atoms with Crippen LogP contribution in [0.25, 0.3) is 0 Å². The van der Waals surface area contributed by atoms with Crippen LogP contribution in [0.2, 0.25) is 5.02 Å². The topological polar surface area (TPSA) is 105 Å². The van der Waals surface area contributed by atoms with Gasteiger partial charge in [-0.15, -0.1) is 0 Å². The number of aromatic nitrogens is 4. The van der Waals surface area contributed by atoms with Gasteiger partial charge in [0.1, 0.15) is 5.02 Å². The highest BCUT2D eigenvalue weighted by Crippen LogP contribution is 2.24. The van der Waals surface area contributed by atoms with Crippen LogP contribution in [0.5, 0.6) is 0 Å². The maximum Gasteiger partial charge on any atom is 0.235 e. The number of anilines is 3. The summed E-state index contributed by atoms with van der Waals surface area (Å²) in [4.78, 5) is 8.53. The van der Waals surface area contributed by atoms with Crippen molar-refractivity contribution in [3.63, 3.8) is 0 Å². The fourth-order valence-corrected chi connectivity index (χ4v) is 4.32. The number of piperidine rings is 1. The van der Waals surface area contributed by atoms with E-state index in [1.165, 1.54) is 10.5 Å². The summed E-state index contributed by atoms with van der Waals surface area (Å²) < 4.78 is 27.6. The zero-order valence-electron chi connectivity index (χ0n) is 15.0. The van der Waals surface area contributed by atoms with Gasteiger partial charge in [0.2, 0.25) is 16.0 Å². The van der Waals surface area contributed by atoms with E-state index < -0.39 is 10.0 Å². The summed E-state index contributed by atoms with van der Waals surface area (Å²) in [7, 11) is -1.65. The molecule has 0 saturated carbocycles. The van der Waals surface area contributed by atoms with Gasteiger partial charge in [0.05, 0.1) is 18.1 Å². The van der Waals surface area contributed by atoms with Crippen LogP contribution in [0.3, 0.4) is 0 Å². The van der Waals surface area contributed by atoms with E-state index in [2.05, 4.69) is 32.3 Å². The van der Waals surface area contributed by atoms with E-state index in [9.17, 15) is 8.42 Å². The minimum Gasteiger partial charge on any atom is -0.367 e. The van der Waals surface area contributed by atoms with Gasteiger partial charge in [-0.2, -0.15) is 14.4 Å². The van der Waals surface area contributed by atoms with Gasteiger partial charge in [-0.05, 0) is 12.8 Å². The molecule has 1 atom stereocenters. The summed E-state index contributed by atoms with van der Waals surface area (Å²) in [5, 5.41) is 11.6. The molecule has 0 radical (unpaired) electrons. The smallest absolute Gasteiger partial charge is 0.235 e. The van der Waals surface area contributed by atoms with Gasteiger partial charge in [0.25, 0.3) is 0 Å². The first-order valence-electron chi connectivity index (χ1n) is 8.55. The van der Waals surface area contributed by atoms with Crippen molar-refractivity contribution in [3.05, 3.63) is 35.6 Å². The Labute approximate surface area is 163 Å². The van der Waals surface area contributed by atoms with E-state index >= 15 is 0 Å². The molecule has 1 saturated heterocycles. The van der Waals surface area contributed by atoms with Crippen LogP contribution in [-0.4, -0.2) is 51.6 Å². The van der Waals surface area contributed by atoms with Crippen molar-refractivity contribution in [1.82, 2.24) is 24.1 Å². The Morgan fingerprint density at radius 2 is 2.22 bits per heavy atom. The van der Waals surface area contributed by atoms with E-state index in [0.717, 1.165) is 30.4 Å². The zero-order chi connectivity index (χ0) is 19.4. The summed E-state index contributed by atoms with van der Waals surface area (Å²) in [5.74, 6) is 0.814. The summed E-state index contributed by atoms with van der Waals surface area (Å²) in [6, 6.07) is -0.178. The van der Waals surface area contributed by atoms with Crippen molar-refractivity contribution in [2.45, 2.75) is 25.3 Å². The fraction of sp³-hybridized carbons (Fsp3) is 0.438. The minimum absolute atomic E-state index is 0.178. The first-order chi connectivity index (χ1) is 12.9. The second kappa shape index (κ2) is 8.24. The third kappa shape index (κ3) is 4.76. The molecule has 1 fully saturated rings. The molecule has 146 valence electrons. The Morgan fingerprint density at radius 3 is 2.93 bits per heavy atom. The fourth-order valence-electron chi connectivity index (χ4n) is 2.99. The number of aryl methyl sites for hydroxylation is 1. The predicted octanol–water partition coefficient (Wildman–Crippen LogP) is 2.35. The molecular formula is C16H22ClN7O2S. The molecule has 1 aliphatic rings. The van der Waals surface area contributed by atoms with Crippen LogP contribution in [0.15, 0.2) is 30.6 Å². The van der Waals surface area contributed by atoms with Crippen molar-refractivity contribution < 1.29 is 8.42 Å². The molecule has 27 heavy (non-hydrogen) atoms. The van der Waals surface area contributed by atoms with Crippen LogP contribution in [0.1, 0.15) is 19.3 Å². The third-order valence-electron chi connectivity index (χ3n) is 4.32. The lowest BCUT2D eigenvalue weighted by molar-refractivity contribution is 0.264. The lowest BCUT2D eigenvalue weighted by Gasteiger charge is -2.33. The monoisotopic (exact) mass is 411 g/mol. The van der Waals surface area contributed by atoms with Crippen LogP contribution in [0, 0.1) is 0 Å². The third-order valence-corrected chi connectivity index (χ3v) is 6.15. The largest absolute Gasteiger partial charge is 0.367 e. The van der Waals surface area contributed by atoms with Gasteiger partial charge in [-0.3, -0.25) is 4.68 Å². The van der Waals surface area contributed by atoms with Crippen molar-refractivity contribution in [3.8, 4) is 0 Å². The van der Waals surface area contributed by atoms with Gasteiger partial charge in [-0.25, -0.2) is 13.4 Å². The van der Waals surface area contributed by atoms with E-state index in [0.29, 0.717) is 29.9 Å². The molecule has 2 N–H and O–H groups in total. The Morgan fingerprint density at radius 1 is 1.41 bits per heavy atom. The van der Waals surface area contributed by atoms with Crippen LogP contribution in [-0.2, 0) is 17.1 Å². The minimum atomic E-state index is -3.46. The summed E-state index contributed by atoms with van der Waals surface area (Å²) in [5.41, 5.74) is 0.751. The molecule has 1 aliphatic heterocycles. The maximum absolute atomic E-state index is 12.2. The summed E-state index contributed by atoms with van der Waals surface area (Å²) >= 11 is 6.19. The SMILES string of the molecule is C=CS(=O)(=O)N1CCCC[C@@H]1CNc1nc(Nc2cnn(C)c2)ncc1Cl. The average molecular weight is 412 g/mol. The van der Waals surface area contributed by atoms with Crippen molar-refractivity contribution in [2.24, 2.45) is 7.05 Å². The summed E-state index contributed by atoms with van der Waals surface area (Å²) in [6.07, 6.45) is 7.53. The van der Waals surface area contributed by atoms with Gasteiger partial charge >= 0.3 is 0 Å². The maximum atomic E-state index is 12.2. The van der Waals surface area contributed by atoms with Crippen molar-refractivity contribution >= 4 is 39.1 Å². The lowest BCUT2D eigenvalue weighted by atomic mass is 10.1. The average Bonchev–Trinajstić information content (AvgIpc) is 3.07. The zero-order valence-corrected chi connectivity index (χ0v) is 16.5. The highest BCUT2D eigenvalue weighted by Gasteiger charge is 2.30. The highest BCUT2D eigenvalue weighted by molar-refractivity contribution is 7.92. The van der Waals surface area contributed by atoms with Crippen LogP contribution >= 0.6 is 11.6 Å². The lowest BCUT2D eigenvalue weighted by Crippen LogP contribution is -2.46. The molecule has 11 heteroatoms. The van der Waals surface area contributed by atoms with E-state index in [1.807, 2.05) is 7.05 Å². The van der Waals surface area contributed by atoms with E-state index in [-0.39, 0.29) is 6.04 Å². The van der Waals surface area contributed by atoms with E-state index in [1.54, 1.807) is 17.1 Å². The number of nitrogens with zero attached hydrogens (tertiary/aromatic N) is 5. The molecule has 0 bridgehead atoms. The number of halogens is 1. The van der Waals surface area contributed by atoms with Gasteiger partial charge in [0, 0.05) is 37.8 Å². The predicted molar refractivity (Wildman–Crippen MR) is 105 cm³/mol. The second-order valence-corrected chi connectivity index (χ2v) is 8.51. The second-order valence-electron chi connectivity index (χ2n) is 6.27. The molecule has 0 aromatic carbocycles. The first kappa shape index (κ1) is 19.6.